The van der Waals surface area contributed by atoms with Crippen LogP contribution >= 0.6 is 0 Å². The number of hydrogen-bond donors (Lipinski definition) is 1. The molecule has 498 valence electrons. The molecule has 4 aliphatic heterocycles. The number of aromatic hydroxyl groups is 1. The van der Waals surface area contributed by atoms with E-state index in [0.29, 0.717) is 25.0 Å². The maximum Gasteiger partial charge on any atom is 0.309 e. The molecule has 1 aromatic carbocycles. The van der Waals surface area contributed by atoms with E-state index in [0.717, 1.165) is 126 Å². The average molecular weight is 1210 g/mol. The van der Waals surface area contributed by atoms with Crippen molar-refractivity contribution in [3.05, 3.63) is 28.8 Å². The molecule has 13 nitrogen and oxygen atoms in total. The molecule has 0 radical (unpaired) electrons. The molecule has 1 unspecified atom stereocenters. The van der Waals surface area contributed by atoms with Crippen molar-refractivity contribution in [3.63, 3.8) is 0 Å². The van der Waals surface area contributed by atoms with Crippen molar-refractivity contribution in [1.82, 2.24) is 19.6 Å². The van der Waals surface area contributed by atoms with Crippen molar-refractivity contribution >= 4 is 23.9 Å². The van der Waals surface area contributed by atoms with Crippen molar-refractivity contribution in [1.29, 1.82) is 0 Å². The lowest BCUT2D eigenvalue weighted by Gasteiger charge is -2.53. The summed E-state index contributed by atoms with van der Waals surface area (Å²) in [4.78, 5) is 58.9. The van der Waals surface area contributed by atoms with Gasteiger partial charge < -0.3 is 24.1 Å². The van der Waals surface area contributed by atoms with Crippen LogP contribution in [0.2, 0.25) is 0 Å². The highest BCUT2D eigenvalue weighted by molar-refractivity contribution is 5.73. The van der Waals surface area contributed by atoms with Crippen molar-refractivity contribution in [3.8, 4) is 5.75 Å². The van der Waals surface area contributed by atoms with Gasteiger partial charge in [-0.2, -0.15) is 0 Å². The number of phenolic OH excluding ortho intramolecular Hbond substituents is 1. The third-order valence-corrected chi connectivity index (χ3v) is 20.8. The Balaban J connectivity index is 0.000000365. The summed E-state index contributed by atoms with van der Waals surface area (Å²) in [6.07, 6.45) is 17.6. The summed E-state index contributed by atoms with van der Waals surface area (Å²) in [7, 11) is 8.65. The SMILES string of the molecule is CC(=O)OC1CC(C)(C)N(C)C(C)(C)C1.CCCCC(Cc1cc(C(C)(C)C)c(O)c(C(C)(C)C)c1)C(=O)OC1CC(C)(C)N(C)C(C)(C)C1.CN1C(C)(C)CC(OC(=O)CCCCCCCCC(=O)OC2CC(C)(C)N(C)C(C)(C)C2)CC1(C)C. The number of esters is 4. The van der Waals surface area contributed by atoms with Crippen LogP contribution in [0.3, 0.4) is 0 Å². The van der Waals surface area contributed by atoms with Crippen LogP contribution in [0.5, 0.6) is 5.75 Å². The van der Waals surface area contributed by atoms with E-state index in [-0.39, 0.29) is 109 Å². The number of nitrogens with zero attached hydrogens (tertiary/aromatic N) is 4. The molecule has 1 N–H and O–H groups in total. The minimum atomic E-state index is -0.190. The second kappa shape index (κ2) is 29.8. The second-order valence-electron chi connectivity index (χ2n) is 34.1. The van der Waals surface area contributed by atoms with Crippen LogP contribution in [0.4, 0.5) is 0 Å². The van der Waals surface area contributed by atoms with Gasteiger partial charge in [0.05, 0.1) is 5.92 Å². The zero-order chi connectivity index (χ0) is 66.2. The Hall–Kier alpha value is -3.26. The number of phenols is 1. The summed E-state index contributed by atoms with van der Waals surface area (Å²) in [6.45, 7) is 52.0. The van der Waals surface area contributed by atoms with Gasteiger partial charge in [-0.3, -0.25) is 38.8 Å². The van der Waals surface area contributed by atoms with E-state index in [1.54, 1.807) is 0 Å². The molecule has 0 saturated carbocycles. The molecular weight excluding hydrogens is 1080 g/mol. The first kappa shape index (κ1) is 77.0. The molecule has 4 fully saturated rings. The Bertz CT molecular complexity index is 2200. The minimum absolute atomic E-state index is 0.00474. The van der Waals surface area contributed by atoms with E-state index in [4.69, 9.17) is 18.9 Å². The van der Waals surface area contributed by atoms with Crippen LogP contribution in [0.25, 0.3) is 0 Å². The molecule has 4 heterocycles. The van der Waals surface area contributed by atoms with Gasteiger partial charge in [-0.25, -0.2) is 0 Å². The lowest BCUT2D eigenvalue weighted by atomic mass is 9.77. The molecular formula is C73H132N4O9. The summed E-state index contributed by atoms with van der Waals surface area (Å²) >= 11 is 0. The van der Waals surface area contributed by atoms with E-state index in [1.807, 2.05) is 0 Å². The molecule has 4 saturated heterocycles. The number of benzene rings is 1. The number of unbranched alkanes of at least 4 members (excludes halogenated alkanes) is 6. The van der Waals surface area contributed by atoms with Gasteiger partial charge in [-0.1, -0.05) is 99.1 Å². The molecule has 4 aliphatic rings. The van der Waals surface area contributed by atoms with Crippen molar-refractivity contribution in [2.24, 2.45) is 5.92 Å². The van der Waals surface area contributed by atoms with Crippen LogP contribution < -0.4 is 0 Å². The number of rotatable bonds is 19. The number of carbonyl (C=O) groups is 4. The quantitative estimate of drug-likeness (QED) is 0.0800. The van der Waals surface area contributed by atoms with E-state index in [1.165, 1.54) is 6.92 Å². The van der Waals surface area contributed by atoms with Gasteiger partial charge in [0.25, 0.3) is 0 Å². The number of ether oxygens (including phenoxy) is 4. The monoisotopic (exact) mass is 1210 g/mol. The second-order valence-corrected chi connectivity index (χ2v) is 34.1. The van der Waals surface area contributed by atoms with Crippen LogP contribution in [0, 0.1) is 5.92 Å². The molecule has 5 rings (SSSR count). The predicted octanol–water partition coefficient (Wildman–Crippen LogP) is 16.2. The number of likely N-dealkylation sites (tertiary alicyclic amines) is 4. The van der Waals surface area contributed by atoms with E-state index in [2.05, 4.69) is 219 Å². The zero-order valence-corrected chi connectivity index (χ0v) is 60.7. The van der Waals surface area contributed by atoms with Gasteiger partial charge >= 0.3 is 23.9 Å². The fraction of sp³-hybridized carbons (Fsp3) is 0.863. The van der Waals surface area contributed by atoms with E-state index in [9.17, 15) is 24.3 Å². The molecule has 0 amide bonds. The first-order valence-corrected chi connectivity index (χ1v) is 33.5. The lowest BCUT2D eigenvalue weighted by Crippen LogP contribution is -2.60. The molecule has 0 aromatic heterocycles. The predicted molar refractivity (Wildman–Crippen MR) is 355 cm³/mol. The lowest BCUT2D eigenvalue weighted by molar-refractivity contribution is -0.164. The van der Waals surface area contributed by atoms with Gasteiger partial charge in [-0.05, 0) is 192 Å². The third-order valence-electron chi connectivity index (χ3n) is 20.8. The van der Waals surface area contributed by atoms with Crippen LogP contribution in [0.1, 0.15) is 305 Å². The number of carbonyl (C=O) groups excluding carboxylic acids is 4. The highest BCUT2D eigenvalue weighted by Gasteiger charge is 2.48. The van der Waals surface area contributed by atoms with Gasteiger partial charge in [0, 0.05) is 115 Å². The highest BCUT2D eigenvalue weighted by atomic mass is 16.6. The average Bonchev–Trinajstić information content (AvgIpc) is 0.984. The fourth-order valence-electron chi connectivity index (χ4n) is 14.7. The number of piperidine rings is 4. The van der Waals surface area contributed by atoms with Crippen LogP contribution in [-0.2, 0) is 55.4 Å². The molecule has 13 heteroatoms. The smallest absolute Gasteiger partial charge is 0.309 e. The fourth-order valence-corrected chi connectivity index (χ4v) is 14.7. The van der Waals surface area contributed by atoms with E-state index >= 15 is 0 Å². The van der Waals surface area contributed by atoms with Gasteiger partial charge in [0.1, 0.15) is 30.2 Å². The number of hydrogen-bond acceptors (Lipinski definition) is 13. The topological polar surface area (TPSA) is 138 Å². The summed E-state index contributed by atoms with van der Waals surface area (Å²) in [6, 6.07) is 4.22. The van der Waals surface area contributed by atoms with Crippen LogP contribution in [0.15, 0.2) is 12.1 Å². The van der Waals surface area contributed by atoms with Gasteiger partial charge in [0.15, 0.2) is 0 Å². The highest BCUT2D eigenvalue weighted by Crippen LogP contribution is 2.44. The zero-order valence-electron chi connectivity index (χ0n) is 60.7. The van der Waals surface area contributed by atoms with Crippen LogP contribution in [-0.4, -0.2) is 146 Å². The molecule has 0 bridgehead atoms. The molecule has 1 aromatic rings. The summed E-state index contributed by atoms with van der Waals surface area (Å²) < 4.78 is 23.3. The van der Waals surface area contributed by atoms with Crippen molar-refractivity contribution < 1.29 is 43.2 Å². The Morgan fingerprint density at radius 1 is 0.465 bits per heavy atom. The Morgan fingerprint density at radius 3 is 1.00 bits per heavy atom. The molecule has 86 heavy (non-hydrogen) atoms. The summed E-state index contributed by atoms with van der Waals surface area (Å²) in [5.74, 6) is -0.139. The van der Waals surface area contributed by atoms with Gasteiger partial charge in [-0.15, -0.1) is 0 Å². The van der Waals surface area contributed by atoms with Gasteiger partial charge in [0.2, 0.25) is 0 Å². The van der Waals surface area contributed by atoms with Crippen molar-refractivity contribution in [2.45, 2.75) is 374 Å². The summed E-state index contributed by atoms with van der Waals surface area (Å²) in [5, 5.41) is 11.1. The Morgan fingerprint density at radius 2 is 0.733 bits per heavy atom. The first-order valence-electron chi connectivity index (χ1n) is 33.5. The van der Waals surface area contributed by atoms with Crippen molar-refractivity contribution in [2.75, 3.05) is 28.2 Å². The Labute approximate surface area is 527 Å². The molecule has 0 aliphatic carbocycles. The third kappa shape index (κ3) is 22.3. The molecule has 1 atom stereocenters. The first-order chi connectivity index (χ1) is 38.9. The normalized spacial score (nSPS) is 22.9. The maximum atomic E-state index is 13.6. The van der Waals surface area contributed by atoms with E-state index < -0.39 is 0 Å². The Kier molecular flexibility index (Phi) is 26.7. The molecule has 0 spiro atoms. The summed E-state index contributed by atoms with van der Waals surface area (Å²) in [5.41, 5.74) is 2.86. The minimum Gasteiger partial charge on any atom is -0.507 e. The largest absolute Gasteiger partial charge is 0.507 e. The standard InChI is InChI=1S/C31H53NO3.C30H56N2O4.C12H23NO2/c1-13-14-15-22(27(34)35-23-19-30(8,9)32(12)31(10,11)20-23)16-21-17-24(28(2,3)4)26(33)25(18-21)29(5,6)7;1-27(2)19-23(20-28(3,4)31(27)9)35-25(33)17-15-13-11-12-14-16-18-26(34)36-24-21-29(5,6)32(10)30(7,8)22-24;1-9(14)15-10-7-11(2,3)13(6)12(4,5)8-10/h17-18,22-23,33H,13-16,19-20H2,1-12H3;23-24H,11-22H2,1-10H3;10H,7-8H2,1-6H3. The maximum absolute atomic E-state index is 13.6.